The molecule has 0 N–H and O–H groups in total. The van der Waals surface area contributed by atoms with Gasteiger partial charge in [-0.3, -0.25) is 4.57 Å². The summed E-state index contributed by atoms with van der Waals surface area (Å²) in [5.41, 5.74) is 7.85. The minimum Gasteiger partial charge on any atom is -0.456 e. The quantitative estimate of drug-likeness (QED) is 0.198. The third kappa shape index (κ3) is 4.15. The number of benzene rings is 7. The molecule has 0 bridgehead atoms. The Morgan fingerprint density at radius 2 is 1.08 bits per heavy atom. The standard InChI is InChI=1S/C43H26N4O/c1-2-12-28(13-3-1)41-44-42(46-43(45-41)47-36-18-8-6-15-33(36)34-16-7-9-19-37(34)47)31-23-24-38-35(26-31)40-32(17-10-20-39(40)48-38)30-22-21-27-11-4-5-14-29(27)25-30/h1-26H. The second-order valence-electron chi connectivity index (χ2n) is 12.1. The van der Waals surface area contributed by atoms with Gasteiger partial charge in [-0.2, -0.15) is 9.97 Å². The molecule has 7 aromatic carbocycles. The molecule has 0 saturated heterocycles. The maximum absolute atomic E-state index is 6.41. The van der Waals surface area contributed by atoms with Crippen LogP contribution < -0.4 is 0 Å². The maximum Gasteiger partial charge on any atom is 0.238 e. The lowest BCUT2D eigenvalue weighted by molar-refractivity contribution is 0.669. The predicted molar refractivity (Wildman–Crippen MR) is 195 cm³/mol. The summed E-state index contributed by atoms with van der Waals surface area (Å²) in [6.45, 7) is 0. The maximum atomic E-state index is 6.41. The van der Waals surface area contributed by atoms with Crippen LogP contribution >= 0.6 is 0 Å². The van der Waals surface area contributed by atoms with Gasteiger partial charge in [-0.15, -0.1) is 0 Å². The lowest BCUT2D eigenvalue weighted by Crippen LogP contribution is -2.06. The van der Waals surface area contributed by atoms with Crippen molar-refractivity contribution in [2.45, 2.75) is 0 Å². The second kappa shape index (κ2) is 10.5. The molecule has 3 heterocycles. The van der Waals surface area contributed by atoms with Gasteiger partial charge in [0.2, 0.25) is 5.95 Å². The molecule has 5 nitrogen and oxygen atoms in total. The fourth-order valence-electron chi connectivity index (χ4n) is 7.01. The molecule has 0 atom stereocenters. The topological polar surface area (TPSA) is 56.7 Å². The predicted octanol–water partition coefficient (Wildman–Crippen LogP) is 11.0. The molecule has 10 aromatic rings. The van der Waals surface area contributed by atoms with Gasteiger partial charge in [0.05, 0.1) is 11.0 Å². The average molecular weight is 615 g/mol. The summed E-state index contributed by atoms with van der Waals surface area (Å²) in [5, 5.41) is 6.83. The lowest BCUT2D eigenvalue weighted by Gasteiger charge is -2.11. The summed E-state index contributed by atoms with van der Waals surface area (Å²) in [6, 6.07) is 54.5. The minimum absolute atomic E-state index is 0.574. The first-order chi connectivity index (χ1) is 23.8. The number of para-hydroxylation sites is 2. The SMILES string of the molecule is c1ccc(-c2nc(-c3ccc4oc5cccc(-c6ccc7ccccc7c6)c5c4c3)nc(-n3c4ccccc4c4ccccc43)n2)cc1. The lowest BCUT2D eigenvalue weighted by atomic mass is 9.96. The molecule has 0 amide bonds. The first-order valence-corrected chi connectivity index (χ1v) is 16.0. The molecule has 0 aliphatic heterocycles. The molecule has 0 aliphatic carbocycles. The van der Waals surface area contributed by atoms with Gasteiger partial charge < -0.3 is 4.42 Å². The van der Waals surface area contributed by atoms with Gasteiger partial charge >= 0.3 is 0 Å². The Morgan fingerprint density at radius 3 is 1.88 bits per heavy atom. The molecule has 5 heteroatoms. The molecule has 0 fully saturated rings. The van der Waals surface area contributed by atoms with E-state index in [1.165, 1.54) is 10.8 Å². The highest BCUT2D eigenvalue weighted by atomic mass is 16.3. The van der Waals surface area contributed by atoms with Crippen molar-refractivity contribution in [3.8, 4) is 39.9 Å². The van der Waals surface area contributed by atoms with Crippen LogP contribution in [0.3, 0.4) is 0 Å². The number of furan rings is 1. The highest BCUT2D eigenvalue weighted by Gasteiger charge is 2.19. The molecule has 0 spiro atoms. The zero-order chi connectivity index (χ0) is 31.6. The fourth-order valence-corrected chi connectivity index (χ4v) is 7.01. The monoisotopic (exact) mass is 614 g/mol. The number of rotatable bonds is 4. The van der Waals surface area contributed by atoms with Crippen molar-refractivity contribution in [2.75, 3.05) is 0 Å². The molecular formula is C43H26N4O. The Hall–Kier alpha value is -6.59. The van der Waals surface area contributed by atoms with Crippen LogP contribution in [0.4, 0.5) is 0 Å². The van der Waals surface area contributed by atoms with E-state index in [2.05, 4.69) is 114 Å². The normalized spacial score (nSPS) is 11.8. The molecule has 224 valence electrons. The highest BCUT2D eigenvalue weighted by molar-refractivity contribution is 6.14. The van der Waals surface area contributed by atoms with Gasteiger partial charge in [0.15, 0.2) is 11.6 Å². The minimum atomic E-state index is 0.574. The Labute approximate surface area is 275 Å². The zero-order valence-corrected chi connectivity index (χ0v) is 25.7. The van der Waals surface area contributed by atoms with Crippen LogP contribution in [0.1, 0.15) is 0 Å². The smallest absolute Gasteiger partial charge is 0.238 e. The summed E-state index contributed by atoms with van der Waals surface area (Å²) >= 11 is 0. The van der Waals surface area contributed by atoms with Crippen molar-refractivity contribution in [2.24, 2.45) is 0 Å². The average Bonchev–Trinajstić information content (AvgIpc) is 3.70. The Balaban J connectivity index is 1.22. The number of hydrogen-bond acceptors (Lipinski definition) is 4. The van der Waals surface area contributed by atoms with Crippen LogP contribution in [0.15, 0.2) is 162 Å². The molecule has 3 aromatic heterocycles. The van der Waals surface area contributed by atoms with E-state index in [4.69, 9.17) is 19.4 Å². The van der Waals surface area contributed by atoms with Crippen LogP contribution in [0.2, 0.25) is 0 Å². The van der Waals surface area contributed by atoms with E-state index < -0.39 is 0 Å². The highest BCUT2D eigenvalue weighted by Crippen LogP contribution is 2.39. The van der Waals surface area contributed by atoms with E-state index in [0.29, 0.717) is 17.6 Å². The third-order valence-electron chi connectivity index (χ3n) is 9.25. The van der Waals surface area contributed by atoms with E-state index in [1.807, 2.05) is 48.5 Å². The summed E-state index contributed by atoms with van der Waals surface area (Å²) < 4.78 is 8.55. The van der Waals surface area contributed by atoms with Crippen LogP contribution in [0.25, 0.3) is 94.4 Å². The van der Waals surface area contributed by atoms with E-state index in [-0.39, 0.29) is 0 Å². The molecular weight excluding hydrogens is 589 g/mol. The van der Waals surface area contributed by atoms with Crippen molar-refractivity contribution in [3.05, 3.63) is 158 Å². The molecule has 0 radical (unpaired) electrons. The van der Waals surface area contributed by atoms with Crippen LogP contribution in [0, 0.1) is 0 Å². The van der Waals surface area contributed by atoms with Gasteiger partial charge in [-0.25, -0.2) is 4.98 Å². The number of aromatic nitrogens is 4. The summed E-state index contributed by atoms with van der Waals surface area (Å²) in [7, 11) is 0. The van der Waals surface area contributed by atoms with E-state index >= 15 is 0 Å². The van der Waals surface area contributed by atoms with Gasteiger partial charge in [-0.1, -0.05) is 115 Å². The summed E-state index contributed by atoms with van der Waals surface area (Å²) in [5.74, 6) is 1.79. The number of hydrogen-bond donors (Lipinski definition) is 0. The van der Waals surface area contributed by atoms with Gasteiger partial charge in [0, 0.05) is 32.7 Å². The second-order valence-corrected chi connectivity index (χ2v) is 12.1. The largest absolute Gasteiger partial charge is 0.456 e. The van der Waals surface area contributed by atoms with Crippen molar-refractivity contribution in [3.63, 3.8) is 0 Å². The number of nitrogens with zero attached hydrogens (tertiary/aromatic N) is 4. The van der Waals surface area contributed by atoms with E-state index in [0.717, 1.165) is 66.0 Å². The fraction of sp³-hybridized carbons (Fsp3) is 0. The molecule has 10 rings (SSSR count). The van der Waals surface area contributed by atoms with Crippen molar-refractivity contribution >= 4 is 54.5 Å². The van der Waals surface area contributed by atoms with Crippen LogP contribution in [0.5, 0.6) is 0 Å². The Morgan fingerprint density at radius 1 is 0.417 bits per heavy atom. The summed E-state index contributed by atoms with van der Waals surface area (Å²) in [4.78, 5) is 15.3. The Kier molecular flexibility index (Phi) is 5.81. The van der Waals surface area contributed by atoms with Gasteiger partial charge in [0.1, 0.15) is 11.2 Å². The van der Waals surface area contributed by atoms with Crippen molar-refractivity contribution in [1.82, 2.24) is 19.5 Å². The van der Waals surface area contributed by atoms with Crippen molar-refractivity contribution in [1.29, 1.82) is 0 Å². The van der Waals surface area contributed by atoms with Crippen LogP contribution in [-0.4, -0.2) is 19.5 Å². The summed E-state index contributed by atoms with van der Waals surface area (Å²) in [6.07, 6.45) is 0. The third-order valence-corrected chi connectivity index (χ3v) is 9.25. The van der Waals surface area contributed by atoms with Gasteiger partial charge in [0.25, 0.3) is 0 Å². The van der Waals surface area contributed by atoms with E-state index in [1.54, 1.807) is 0 Å². The molecule has 0 saturated carbocycles. The van der Waals surface area contributed by atoms with Crippen LogP contribution in [-0.2, 0) is 0 Å². The molecule has 48 heavy (non-hydrogen) atoms. The first-order valence-electron chi connectivity index (χ1n) is 16.0. The zero-order valence-electron chi connectivity index (χ0n) is 25.7. The van der Waals surface area contributed by atoms with Gasteiger partial charge in [-0.05, 0) is 64.4 Å². The van der Waals surface area contributed by atoms with E-state index in [9.17, 15) is 0 Å². The molecule has 0 aliphatic rings. The van der Waals surface area contributed by atoms with Crippen molar-refractivity contribution < 1.29 is 4.42 Å². The first kappa shape index (κ1) is 26.6. The number of fused-ring (bicyclic) bond motifs is 7. The molecule has 0 unspecified atom stereocenters. The Bertz CT molecular complexity index is 2800.